The third-order valence-electron chi connectivity index (χ3n) is 6.83. The van der Waals surface area contributed by atoms with Gasteiger partial charge in [0.15, 0.2) is 5.78 Å². The zero-order valence-corrected chi connectivity index (χ0v) is 20.3. The van der Waals surface area contributed by atoms with Gasteiger partial charge in [0.05, 0.1) is 17.9 Å². The summed E-state index contributed by atoms with van der Waals surface area (Å²) in [4.78, 5) is 52.7. The summed E-state index contributed by atoms with van der Waals surface area (Å²) in [7, 11) is 1.82. The van der Waals surface area contributed by atoms with E-state index in [1.807, 2.05) is 58.2 Å². The molecule has 1 aliphatic rings. The van der Waals surface area contributed by atoms with Crippen LogP contribution in [-0.2, 0) is 11.8 Å². The van der Waals surface area contributed by atoms with Crippen LogP contribution in [0.1, 0.15) is 47.7 Å². The molecule has 1 atom stereocenters. The molecule has 3 heterocycles. The topological polar surface area (TPSA) is 98.3 Å². The summed E-state index contributed by atoms with van der Waals surface area (Å²) in [6.07, 6.45) is 0.428. The number of aromatic nitrogens is 3. The molecule has 0 spiro atoms. The number of carbonyl (C=O) groups excluding carboxylic acids is 3. The number of para-hydroxylation sites is 1. The summed E-state index contributed by atoms with van der Waals surface area (Å²) in [5.74, 6) is -0.771. The van der Waals surface area contributed by atoms with Crippen molar-refractivity contribution in [1.29, 1.82) is 0 Å². The average molecular weight is 464 g/mol. The van der Waals surface area contributed by atoms with E-state index in [1.54, 1.807) is 33.8 Å². The third kappa shape index (κ3) is 3.39. The number of hydrogen-bond donors (Lipinski definition) is 1. The maximum absolute atomic E-state index is 13.5. The Morgan fingerprint density at radius 1 is 1.03 bits per heavy atom. The molecule has 1 fully saturated rings. The fraction of sp³-hybridized carbons (Fsp3) is 0.360. The Morgan fingerprint density at radius 3 is 2.26 bits per heavy atom. The van der Waals surface area contributed by atoms with Crippen LogP contribution in [-0.4, -0.2) is 48.6 Å². The lowest BCUT2D eigenvalue weighted by molar-refractivity contribution is -0.130. The van der Waals surface area contributed by atoms with Gasteiger partial charge in [-0.2, -0.15) is 0 Å². The van der Waals surface area contributed by atoms with Crippen molar-refractivity contribution in [3.63, 3.8) is 0 Å². The number of Topliss-reactive ketones (excluding diaryl/α,β-unsaturated/α-hetero) is 1. The molecule has 0 saturated carbocycles. The van der Waals surface area contributed by atoms with Crippen LogP contribution >= 0.6 is 0 Å². The van der Waals surface area contributed by atoms with Crippen molar-refractivity contribution in [2.45, 2.75) is 46.6 Å². The molecule has 3 aromatic rings. The van der Waals surface area contributed by atoms with Crippen LogP contribution in [0.3, 0.4) is 0 Å². The minimum atomic E-state index is -1.00. The number of amides is 3. The van der Waals surface area contributed by atoms with E-state index in [4.69, 9.17) is 0 Å². The summed E-state index contributed by atoms with van der Waals surface area (Å²) in [5, 5.41) is 2.67. The molecule has 4 rings (SSSR count). The van der Waals surface area contributed by atoms with Crippen molar-refractivity contribution < 1.29 is 14.4 Å². The highest BCUT2D eigenvalue weighted by Crippen LogP contribution is 2.25. The Morgan fingerprint density at radius 2 is 1.68 bits per heavy atom. The number of aryl methyl sites for hydroxylation is 1. The molecule has 2 aromatic heterocycles. The van der Waals surface area contributed by atoms with Gasteiger partial charge in [0.25, 0.3) is 11.5 Å². The molecule has 0 bridgehead atoms. The van der Waals surface area contributed by atoms with E-state index in [0.29, 0.717) is 29.1 Å². The molecule has 1 aliphatic heterocycles. The van der Waals surface area contributed by atoms with Crippen LogP contribution in [0, 0.1) is 20.8 Å². The van der Waals surface area contributed by atoms with Gasteiger partial charge < -0.3 is 9.88 Å². The number of ketones is 1. The molecule has 1 saturated heterocycles. The first-order valence-corrected chi connectivity index (χ1v) is 11.2. The highest BCUT2D eigenvalue weighted by atomic mass is 16.2. The number of carbonyl (C=O) groups is 3. The molecule has 9 heteroatoms. The molecule has 178 valence electrons. The van der Waals surface area contributed by atoms with Crippen molar-refractivity contribution >= 4 is 17.7 Å². The Labute approximate surface area is 197 Å². The van der Waals surface area contributed by atoms with E-state index >= 15 is 0 Å². The summed E-state index contributed by atoms with van der Waals surface area (Å²) < 4.78 is 5.14. The molecular weight excluding hydrogens is 434 g/mol. The number of nitrogens with one attached hydrogen (secondary N) is 1. The number of rotatable bonds is 6. The minimum Gasteiger partial charge on any atom is -0.323 e. The van der Waals surface area contributed by atoms with Gasteiger partial charge in [-0.15, -0.1) is 0 Å². The minimum absolute atomic E-state index is 0.209. The highest BCUT2D eigenvalue weighted by molar-refractivity contribution is 6.11. The van der Waals surface area contributed by atoms with E-state index < -0.39 is 17.5 Å². The van der Waals surface area contributed by atoms with E-state index in [9.17, 15) is 19.2 Å². The monoisotopic (exact) mass is 463 g/mol. The molecule has 1 N–H and O–H groups in total. The first-order valence-electron chi connectivity index (χ1n) is 11.2. The van der Waals surface area contributed by atoms with Crippen molar-refractivity contribution in [2.75, 3.05) is 6.54 Å². The summed E-state index contributed by atoms with van der Waals surface area (Å²) in [6, 6.07) is 10.5. The predicted octanol–water partition coefficient (Wildman–Crippen LogP) is 2.80. The lowest BCUT2D eigenvalue weighted by Crippen LogP contribution is -2.43. The van der Waals surface area contributed by atoms with Crippen molar-refractivity contribution in [3.8, 4) is 11.4 Å². The van der Waals surface area contributed by atoms with E-state index in [2.05, 4.69) is 5.32 Å². The van der Waals surface area contributed by atoms with Crippen molar-refractivity contribution in [1.82, 2.24) is 24.1 Å². The second kappa shape index (κ2) is 8.16. The Hall–Kier alpha value is -3.88. The standard InChI is InChI=1S/C25H29N5O4/c1-7-25(5)23(33)28(24(34)26-25)14-20(31)19-13-15(2)29(16(19)3)21-17(4)27(6)30(22(21)32)18-11-9-8-10-12-18/h8-13H,7,14H2,1-6H3,(H,26,34)/t25-/m0/s1. The number of nitrogens with zero attached hydrogens (tertiary/aromatic N) is 4. The van der Waals surface area contributed by atoms with Gasteiger partial charge in [-0.05, 0) is 52.3 Å². The molecule has 0 unspecified atom stereocenters. The van der Waals surface area contributed by atoms with Crippen molar-refractivity contribution in [3.05, 3.63) is 69.4 Å². The van der Waals surface area contributed by atoms with Crippen molar-refractivity contribution in [2.24, 2.45) is 7.05 Å². The highest BCUT2D eigenvalue weighted by Gasteiger charge is 2.47. The van der Waals surface area contributed by atoms with Gasteiger partial charge in [-0.25, -0.2) is 9.48 Å². The van der Waals surface area contributed by atoms with Gasteiger partial charge in [0.2, 0.25) is 0 Å². The summed E-state index contributed by atoms with van der Waals surface area (Å²) in [5.41, 5.74) is 2.38. The molecule has 1 aromatic carbocycles. The smallest absolute Gasteiger partial charge is 0.323 e. The van der Waals surface area contributed by atoms with Gasteiger partial charge >= 0.3 is 6.03 Å². The van der Waals surface area contributed by atoms with Crippen LogP contribution in [0.15, 0.2) is 41.2 Å². The molecular formula is C25H29N5O4. The zero-order chi connectivity index (χ0) is 24.9. The quantitative estimate of drug-likeness (QED) is 0.449. The maximum Gasteiger partial charge on any atom is 0.325 e. The summed E-state index contributed by atoms with van der Waals surface area (Å²) >= 11 is 0. The van der Waals surface area contributed by atoms with E-state index in [1.165, 1.54) is 0 Å². The predicted molar refractivity (Wildman–Crippen MR) is 128 cm³/mol. The Balaban J connectivity index is 1.74. The molecule has 34 heavy (non-hydrogen) atoms. The fourth-order valence-electron chi connectivity index (χ4n) is 4.56. The number of imide groups is 1. The maximum atomic E-state index is 13.5. The second-order valence-electron chi connectivity index (χ2n) is 8.96. The van der Waals surface area contributed by atoms with Gasteiger partial charge in [0.1, 0.15) is 11.2 Å². The van der Waals surface area contributed by atoms with Crippen LogP contribution in [0.4, 0.5) is 4.79 Å². The van der Waals surface area contributed by atoms with Gasteiger partial charge in [0, 0.05) is 24.0 Å². The Kier molecular flexibility index (Phi) is 5.59. The SMILES string of the molecule is CC[C@]1(C)NC(=O)N(CC(=O)c2cc(C)n(-c3c(C)n(C)n(-c4ccccc4)c3=O)c2C)C1=O. The average Bonchev–Trinajstić information content (AvgIpc) is 3.31. The van der Waals surface area contributed by atoms with Crippen LogP contribution in [0.5, 0.6) is 0 Å². The molecule has 0 radical (unpaired) electrons. The van der Waals surface area contributed by atoms with Gasteiger partial charge in [-0.1, -0.05) is 25.1 Å². The zero-order valence-electron chi connectivity index (χ0n) is 20.3. The van der Waals surface area contributed by atoms with Crippen LogP contribution in [0.25, 0.3) is 11.4 Å². The first-order chi connectivity index (χ1) is 16.0. The number of hydrogen-bond acceptors (Lipinski definition) is 4. The molecule has 3 amide bonds. The first kappa shape index (κ1) is 23.3. The number of benzene rings is 1. The Bertz CT molecular complexity index is 1380. The normalized spacial score (nSPS) is 18.0. The third-order valence-corrected chi connectivity index (χ3v) is 6.83. The lowest BCUT2D eigenvalue weighted by Gasteiger charge is -2.19. The molecule has 0 aliphatic carbocycles. The fourth-order valence-corrected chi connectivity index (χ4v) is 4.56. The van der Waals surface area contributed by atoms with E-state index in [-0.39, 0.29) is 17.9 Å². The largest absolute Gasteiger partial charge is 0.325 e. The van der Waals surface area contributed by atoms with E-state index in [0.717, 1.165) is 16.3 Å². The molecule has 9 nitrogen and oxygen atoms in total. The van der Waals surface area contributed by atoms with Crippen LogP contribution in [0.2, 0.25) is 0 Å². The summed E-state index contributed by atoms with van der Waals surface area (Å²) in [6.45, 7) is 8.55. The number of urea groups is 1. The van der Waals surface area contributed by atoms with Gasteiger partial charge in [-0.3, -0.25) is 24.0 Å². The van der Waals surface area contributed by atoms with Crippen LogP contribution < -0.4 is 10.9 Å². The second-order valence-corrected chi connectivity index (χ2v) is 8.96. The lowest BCUT2D eigenvalue weighted by atomic mass is 9.99.